The molecular formula is C18H37NO3. The highest BCUT2D eigenvalue weighted by atomic mass is 16.5. The molecule has 0 aromatic carbocycles. The lowest BCUT2D eigenvalue weighted by molar-refractivity contribution is -0.150. The summed E-state index contributed by atoms with van der Waals surface area (Å²) in [7, 11) is 0. The number of carbonyl (C=O) groups excluding carboxylic acids is 1. The molecule has 0 aromatic rings. The third-order valence-electron chi connectivity index (χ3n) is 4.02. The number of carbonyl (C=O) groups is 1. The van der Waals surface area contributed by atoms with Crippen LogP contribution in [0.1, 0.15) is 91.4 Å². The summed E-state index contributed by atoms with van der Waals surface area (Å²) < 4.78 is 5.30. The molecule has 22 heavy (non-hydrogen) atoms. The minimum atomic E-state index is -0.903. The predicted molar refractivity (Wildman–Crippen MR) is 91.7 cm³/mol. The molecule has 0 rings (SSSR count). The topological polar surface area (TPSA) is 72.5 Å². The van der Waals surface area contributed by atoms with Crippen molar-refractivity contribution in [3.8, 4) is 0 Å². The standard InChI is InChI=1S/C18H37NO3/c1-4-5-6-7-8-9-12-15-22-17(21)18(3,19)14-11-10-13-16(2)20/h16,20H,4-15,19H2,1-3H3. The summed E-state index contributed by atoms with van der Waals surface area (Å²) >= 11 is 0. The molecule has 3 N–H and O–H groups in total. The van der Waals surface area contributed by atoms with E-state index in [1.165, 1.54) is 32.1 Å². The monoisotopic (exact) mass is 315 g/mol. The quantitative estimate of drug-likeness (QED) is 0.376. The van der Waals surface area contributed by atoms with Crippen LogP contribution in [0.2, 0.25) is 0 Å². The maximum Gasteiger partial charge on any atom is 0.325 e. The second-order valence-corrected chi connectivity index (χ2v) is 6.77. The van der Waals surface area contributed by atoms with Crippen LogP contribution in [0.25, 0.3) is 0 Å². The number of esters is 1. The SMILES string of the molecule is CCCCCCCCCOC(=O)C(C)(N)CCCCC(C)O. The van der Waals surface area contributed by atoms with Gasteiger partial charge in [-0.05, 0) is 33.1 Å². The van der Waals surface area contributed by atoms with Crippen LogP contribution in [-0.4, -0.2) is 29.3 Å². The van der Waals surface area contributed by atoms with Crippen molar-refractivity contribution in [2.24, 2.45) is 5.73 Å². The Labute approximate surface area is 136 Å². The average Bonchev–Trinajstić information content (AvgIpc) is 2.46. The molecule has 4 nitrogen and oxygen atoms in total. The van der Waals surface area contributed by atoms with Gasteiger partial charge in [-0.1, -0.05) is 58.3 Å². The van der Waals surface area contributed by atoms with E-state index in [0.29, 0.717) is 13.0 Å². The minimum Gasteiger partial charge on any atom is -0.464 e. The van der Waals surface area contributed by atoms with Crippen molar-refractivity contribution in [3.05, 3.63) is 0 Å². The van der Waals surface area contributed by atoms with E-state index in [-0.39, 0.29) is 12.1 Å². The molecule has 0 amide bonds. The summed E-state index contributed by atoms with van der Waals surface area (Å²) in [6.07, 6.45) is 11.2. The maximum absolute atomic E-state index is 12.0. The van der Waals surface area contributed by atoms with Crippen molar-refractivity contribution in [1.29, 1.82) is 0 Å². The van der Waals surface area contributed by atoms with E-state index in [0.717, 1.165) is 32.1 Å². The Hall–Kier alpha value is -0.610. The Balaban J connectivity index is 3.63. The van der Waals surface area contributed by atoms with Gasteiger partial charge in [-0.15, -0.1) is 0 Å². The van der Waals surface area contributed by atoms with Gasteiger partial charge >= 0.3 is 5.97 Å². The molecule has 0 aliphatic heterocycles. The zero-order valence-corrected chi connectivity index (χ0v) is 14.9. The molecule has 0 fully saturated rings. The molecule has 132 valence electrons. The lowest BCUT2D eigenvalue weighted by Gasteiger charge is -2.22. The first-order chi connectivity index (χ1) is 10.4. The first-order valence-corrected chi connectivity index (χ1v) is 9.04. The molecule has 2 atom stereocenters. The van der Waals surface area contributed by atoms with Gasteiger partial charge in [0.05, 0.1) is 12.7 Å². The van der Waals surface area contributed by atoms with E-state index >= 15 is 0 Å². The summed E-state index contributed by atoms with van der Waals surface area (Å²) in [6, 6.07) is 0. The number of aliphatic hydroxyl groups is 1. The fraction of sp³-hybridized carbons (Fsp3) is 0.944. The van der Waals surface area contributed by atoms with Gasteiger partial charge < -0.3 is 15.6 Å². The van der Waals surface area contributed by atoms with Gasteiger partial charge in [-0.3, -0.25) is 4.79 Å². The first kappa shape index (κ1) is 21.4. The van der Waals surface area contributed by atoms with Crippen molar-refractivity contribution in [2.45, 2.75) is 103 Å². The van der Waals surface area contributed by atoms with Crippen molar-refractivity contribution < 1.29 is 14.6 Å². The van der Waals surface area contributed by atoms with E-state index < -0.39 is 5.54 Å². The van der Waals surface area contributed by atoms with Gasteiger partial charge in [0.1, 0.15) is 5.54 Å². The third kappa shape index (κ3) is 12.0. The Kier molecular flexibility index (Phi) is 12.5. The molecular weight excluding hydrogens is 278 g/mol. The van der Waals surface area contributed by atoms with Gasteiger partial charge in [0.25, 0.3) is 0 Å². The van der Waals surface area contributed by atoms with Crippen LogP contribution in [0.15, 0.2) is 0 Å². The number of aliphatic hydroxyl groups excluding tert-OH is 1. The fourth-order valence-corrected chi connectivity index (χ4v) is 2.42. The zero-order valence-electron chi connectivity index (χ0n) is 14.9. The highest BCUT2D eigenvalue weighted by Gasteiger charge is 2.29. The predicted octanol–water partition coefficient (Wildman–Crippen LogP) is 3.94. The summed E-state index contributed by atoms with van der Waals surface area (Å²) in [5, 5.41) is 9.20. The summed E-state index contributed by atoms with van der Waals surface area (Å²) in [5.41, 5.74) is 5.13. The zero-order chi connectivity index (χ0) is 16.8. The first-order valence-electron chi connectivity index (χ1n) is 9.04. The number of hydrogen-bond donors (Lipinski definition) is 2. The second-order valence-electron chi connectivity index (χ2n) is 6.77. The Morgan fingerprint density at radius 2 is 1.68 bits per heavy atom. The third-order valence-corrected chi connectivity index (χ3v) is 4.02. The van der Waals surface area contributed by atoms with E-state index in [2.05, 4.69) is 6.92 Å². The number of hydrogen-bond acceptors (Lipinski definition) is 4. The maximum atomic E-state index is 12.0. The van der Waals surface area contributed by atoms with E-state index in [4.69, 9.17) is 10.5 Å². The van der Waals surface area contributed by atoms with Crippen LogP contribution in [0.4, 0.5) is 0 Å². The summed E-state index contributed by atoms with van der Waals surface area (Å²) in [5.74, 6) is -0.296. The normalized spacial score (nSPS) is 15.3. The number of unbranched alkanes of at least 4 members (excludes halogenated alkanes) is 7. The van der Waals surface area contributed by atoms with Crippen LogP contribution < -0.4 is 5.73 Å². The Morgan fingerprint density at radius 3 is 2.27 bits per heavy atom. The molecule has 0 radical (unpaired) electrons. The Bertz CT molecular complexity index is 278. The van der Waals surface area contributed by atoms with Crippen LogP contribution in [0, 0.1) is 0 Å². The molecule has 0 heterocycles. The lowest BCUT2D eigenvalue weighted by Crippen LogP contribution is -2.46. The van der Waals surface area contributed by atoms with Crippen LogP contribution in [0.5, 0.6) is 0 Å². The highest BCUT2D eigenvalue weighted by Crippen LogP contribution is 2.15. The van der Waals surface area contributed by atoms with Crippen molar-refractivity contribution >= 4 is 5.97 Å². The van der Waals surface area contributed by atoms with E-state index in [1.54, 1.807) is 13.8 Å². The fourth-order valence-electron chi connectivity index (χ4n) is 2.42. The molecule has 0 bridgehead atoms. The number of rotatable bonds is 14. The molecule has 0 aliphatic carbocycles. The molecule has 4 heteroatoms. The largest absolute Gasteiger partial charge is 0.464 e. The Morgan fingerprint density at radius 1 is 1.09 bits per heavy atom. The molecule has 0 aliphatic rings. The van der Waals surface area contributed by atoms with Crippen LogP contribution in [-0.2, 0) is 9.53 Å². The van der Waals surface area contributed by atoms with Gasteiger partial charge in [0.2, 0.25) is 0 Å². The van der Waals surface area contributed by atoms with Crippen molar-refractivity contribution in [1.82, 2.24) is 0 Å². The van der Waals surface area contributed by atoms with Crippen molar-refractivity contribution in [2.75, 3.05) is 6.61 Å². The second kappa shape index (κ2) is 12.9. The average molecular weight is 315 g/mol. The molecule has 0 saturated heterocycles. The minimum absolute atomic E-state index is 0.284. The van der Waals surface area contributed by atoms with E-state index in [1.807, 2.05) is 0 Å². The molecule has 0 spiro atoms. The number of nitrogens with two attached hydrogens (primary N) is 1. The van der Waals surface area contributed by atoms with Crippen LogP contribution >= 0.6 is 0 Å². The van der Waals surface area contributed by atoms with Crippen LogP contribution in [0.3, 0.4) is 0 Å². The molecule has 0 aromatic heterocycles. The van der Waals surface area contributed by atoms with Gasteiger partial charge in [-0.25, -0.2) is 0 Å². The number of ether oxygens (including phenoxy) is 1. The highest BCUT2D eigenvalue weighted by molar-refractivity contribution is 5.79. The van der Waals surface area contributed by atoms with Gasteiger partial charge in [0, 0.05) is 0 Å². The summed E-state index contributed by atoms with van der Waals surface area (Å²) in [4.78, 5) is 12.0. The van der Waals surface area contributed by atoms with Gasteiger partial charge in [-0.2, -0.15) is 0 Å². The van der Waals surface area contributed by atoms with Crippen molar-refractivity contribution in [3.63, 3.8) is 0 Å². The molecule has 2 unspecified atom stereocenters. The van der Waals surface area contributed by atoms with Gasteiger partial charge in [0.15, 0.2) is 0 Å². The molecule has 0 saturated carbocycles. The van der Waals surface area contributed by atoms with E-state index in [9.17, 15) is 9.90 Å². The summed E-state index contributed by atoms with van der Waals surface area (Å²) in [6.45, 7) is 6.21. The smallest absolute Gasteiger partial charge is 0.325 e. The lowest BCUT2D eigenvalue weighted by atomic mass is 9.95.